The molecule has 0 fully saturated rings. The molecule has 262 valence electrons. The lowest BCUT2D eigenvalue weighted by Gasteiger charge is -2.18. The van der Waals surface area contributed by atoms with Crippen molar-refractivity contribution in [2.45, 2.75) is 45.3 Å². The molecule has 0 unspecified atom stereocenters. The van der Waals surface area contributed by atoms with Gasteiger partial charge < -0.3 is 27.8 Å². The zero-order chi connectivity index (χ0) is 35.5. The summed E-state index contributed by atoms with van der Waals surface area (Å²) in [6.07, 6.45) is -7.92. The van der Waals surface area contributed by atoms with Crippen LogP contribution in [0.15, 0.2) is 56.2 Å². The molecule has 9 nitrogen and oxygen atoms in total. The predicted molar refractivity (Wildman–Crippen MR) is 181 cm³/mol. The average molecular weight is 754 g/mol. The maximum atomic E-state index is 14.0. The van der Waals surface area contributed by atoms with Crippen LogP contribution in [-0.2, 0) is 12.4 Å². The number of rotatable bonds is 16. The lowest BCUT2D eigenvalue weighted by molar-refractivity contribution is -0.140. The van der Waals surface area contributed by atoms with Crippen molar-refractivity contribution in [1.82, 2.24) is 9.97 Å². The Hall–Kier alpha value is -2.68. The fourth-order valence-corrected chi connectivity index (χ4v) is 7.52. The van der Waals surface area contributed by atoms with Crippen LogP contribution in [0.3, 0.4) is 0 Å². The second kappa shape index (κ2) is 18.4. The van der Waals surface area contributed by atoms with Crippen LogP contribution in [0, 0.1) is 0 Å². The number of amides is 2. The molecule has 2 amide bonds. The first-order valence-electron chi connectivity index (χ1n) is 14.3. The Morgan fingerprint density at radius 2 is 1.00 bits per heavy atom. The van der Waals surface area contributed by atoms with E-state index in [4.69, 9.17) is 17.2 Å². The summed E-state index contributed by atoms with van der Waals surface area (Å²) in [6, 6.07) is 5.30. The van der Waals surface area contributed by atoms with E-state index in [1.165, 1.54) is 12.1 Å². The van der Waals surface area contributed by atoms with E-state index < -0.39 is 35.3 Å². The maximum Gasteiger partial charge on any atom is 0.417 e. The van der Waals surface area contributed by atoms with E-state index in [-0.39, 0.29) is 57.9 Å². The van der Waals surface area contributed by atoms with Gasteiger partial charge in [0.25, 0.3) is 11.8 Å². The summed E-state index contributed by atoms with van der Waals surface area (Å²) >= 11 is 4.26. The number of halogens is 6. The molecule has 48 heavy (non-hydrogen) atoms. The molecule has 0 saturated heterocycles. The zero-order valence-electron chi connectivity index (χ0n) is 25.5. The third-order valence-corrected chi connectivity index (χ3v) is 10.5. The minimum absolute atomic E-state index is 0.00606. The number of hydrogen-bond donors (Lipinski definition) is 5. The van der Waals surface area contributed by atoms with Gasteiger partial charge in [0.1, 0.15) is 17.7 Å². The molecule has 0 aliphatic rings. The molecular formula is C29H33F6N7O2S4. The van der Waals surface area contributed by atoms with E-state index in [1.807, 2.05) is 6.92 Å². The molecule has 1 aromatic heterocycles. The quantitative estimate of drug-likeness (QED) is 0.0785. The van der Waals surface area contributed by atoms with Crippen molar-refractivity contribution < 1.29 is 35.9 Å². The first-order valence-corrected chi connectivity index (χ1v) is 18.2. The number of thioether (sulfide) groups is 4. The number of benzene rings is 2. The Bertz CT molecular complexity index is 1470. The van der Waals surface area contributed by atoms with E-state index >= 15 is 0 Å². The fourth-order valence-electron chi connectivity index (χ4n) is 3.94. The largest absolute Gasteiger partial charge is 0.417 e. The standard InChI is InChI=1S/C29H33F6N7O2S4/c1-2-6-45-22-13-24(47-8-4-37)18(10-16(22)28(30,31)32)41-26(43)20-12-21(40-15-39-20)27(44)42-19-11-17(29(33,34)35)23(46-7-3-36)14-25(19)48-9-5-38/h10-15H,2-9,36-38H2,1H3,(H,41,43)(H,42,44). The Kier molecular flexibility index (Phi) is 15.2. The van der Waals surface area contributed by atoms with Gasteiger partial charge in [0.2, 0.25) is 0 Å². The smallest absolute Gasteiger partial charge is 0.330 e. The molecule has 19 heteroatoms. The zero-order valence-corrected chi connectivity index (χ0v) is 28.7. The topological polar surface area (TPSA) is 162 Å². The van der Waals surface area contributed by atoms with Crippen LogP contribution in [0.5, 0.6) is 0 Å². The van der Waals surface area contributed by atoms with E-state index in [2.05, 4.69) is 20.6 Å². The molecule has 0 aliphatic heterocycles. The average Bonchev–Trinajstić information content (AvgIpc) is 3.04. The third kappa shape index (κ3) is 11.2. The summed E-state index contributed by atoms with van der Waals surface area (Å²) in [4.78, 5) is 34.8. The van der Waals surface area contributed by atoms with Crippen molar-refractivity contribution in [2.24, 2.45) is 17.2 Å². The molecule has 3 aromatic rings. The highest BCUT2D eigenvalue weighted by atomic mass is 32.2. The number of aromatic nitrogens is 2. The van der Waals surface area contributed by atoms with Crippen LogP contribution in [0.1, 0.15) is 45.4 Å². The van der Waals surface area contributed by atoms with Gasteiger partial charge in [-0.1, -0.05) is 6.92 Å². The van der Waals surface area contributed by atoms with Crippen LogP contribution >= 0.6 is 47.0 Å². The maximum absolute atomic E-state index is 14.0. The number of hydrogen-bond acceptors (Lipinski definition) is 11. The molecule has 0 atom stereocenters. The number of alkyl halides is 6. The van der Waals surface area contributed by atoms with Crippen molar-refractivity contribution in [1.29, 1.82) is 0 Å². The van der Waals surface area contributed by atoms with E-state index in [0.717, 1.165) is 71.6 Å². The Balaban J connectivity index is 1.96. The number of nitrogens with one attached hydrogen (secondary N) is 2. The highest BCUT2D eigenvalue weighted by Gasteiger charge is 2.36. The molecular weight excluding hydrogens is 721 g/mol. The Labute approximate surface area is 290 Å². The van der Waals surface area contributed by atoms with Gasteiger partial charge in [0, 0.05) is 62.5 Å². The monoisotopic (exact) mass is 753 g/mol. The molecule has 1 heterocycles. The van der Waals surface area contributed by atoms with Crippen molar-refractivity contribution >= 4 is 70.2 Å². The van der Waals surface area contributed by atoms with Crippen LogP contribution in [0.4, 0.5) is 37.7 Å². The van der Waals surface area contributed by atoms with Crippen LogP contribution < -0.4 is 27.8 Å². The number of carbonyl (C=O) groups excluding carboxylic acids is 2. The first-order chi connectivity index (χ1) is 22.7. The minimum atomic E-state index is -4.74. The first kappa shape index (κ1) is 39.8. The third-order valence-electron chi connectivity index (χ3n) is 5.99. The highest BCUT2D eigenvalue weighted by Crippen LogP contribution is 2.44. The number of nitrogens with two attached hydrogens (primary N) is 3. The molecule has 0 spiro atoms. The van der Waals surface area contributed by atoms with E-state index in [0.29, 0.717) is 33.5 Å². The van der Waals surface area contributed by atoms with Gasteiger partial charge in [0.05, 0.1) is 22.5 Å². The summed E-state index contributed by atoms with van der Waals surface area (Å²) in [7, 11) is 0. The van der Waals surface area contributed by atoms with Crippen molar-refractivity contribution in [3.63, 3.8) is 0 Å². The number of carbonyl (C=O) groups is 2. The van der Waals surface area contributed by atoms with Gasteiger partial charge in [-0.2, -0.15) is 26.3 Å². The normalized spacial score (nSPS) is 11.9. The van der Waals surface area contributed by atoms with E-state index in [1.54, 1.807) is 0 Å². The predicted octanol–water partition coefficient (Wildman–Crippen LogP) is 6.67. The Morgan fingerprint density at radius 3 is 1.35 bits per heavy atom. The number of anilines is 2. The molecule has 8 N–H and O–H groups in total. The Morgan fingerprint density at radius 1 is 0.625 bits per heavy atom. The second-order valence-electron chi connectivity index (χ2n) is 9.64. The van der Waals surface area contributed by atoms with Crippen LogP contribution in [0.25, 0.3) is 0 Å². The minimum Gasteiger partial charge on any atom is -0.330 e. The van der Waals surface area contributed by atoms with Gasteiger partial charge >= 0.3 is 12.4 Å². The fraction of sp³-hybridized carbons (Fsp3) is 0.379. The van der Waals surface area contributed by atoms with Gasteiger partial charge in [-0.3, -0.25) is 9.59 Å². The SMILES string of the molecule is CCCSc1cc(SCCN)c(NC(=O)c2cc(C(=O)Nc3cc(C(F)(F)F)c(SCCN)cc3SCCN)ncn2)cc1C(F)(F)F. The van der Waals surface area contributed by atoms with Crippen molar-refractivity contribution in [3.05, 3.63) is 59.2 Å². The molecule has 3 rings (SSSR count). The summed E-state index contributed by atoms with van der Waals surface area (Å²) in [5.74, 6) is -0.515. The van der Waals surface area contributed by atoms with Crippen molar-refractivity contribution in [2.75, 3.05) is 53.3 Å². The number of nitrogens with zero attached hydrogens (tertiary/aromatic N) is 2. The van der Waals surface area contributed by atoms with Gasteiger partial charge in [-0.15, -0.1) is 47.0 Å². The van der Waals surface area contributed by atoms with Crippen LogP contribution in [-0.4, -0.2) is 64.4 Å². The van der Waals surface area contributed by atoms with Gasteiger partial charge in [0.15, 0.2) is 0 Å². The molecule has 2 aromatic carbocycles. The summed E-state index contributed by atoms with van der Waals surface area (Å²) in [5, 5.41) is 4.87. The summed E-state index contributed by atoms with van der Waals surface area (Å²) in [6.45, 7) is 2.43. The molecule has 0 saturated carbocycles. The van der Waals surface area contributed by atoms with Gasteiger partial charge in [-0.25, -0.2) is 9.97 Å². The molecule has 0 bridgehead atoms. The highest BCUT2D eigenvalue weighted by molar-refractivity contribution is 8.00. The van der Waals surface area contributed by atoms with E-state index in [9.17, 15) is 35.9 Å². The summed E-state index contributed by atoms with van der Waals surface area (Å²) < 4.78 is 83.9. The molecule has 0 aliphatic carbocycles. The van der Waals surface area contributed by atoms with Gasteiger partial charge in [-0.05, 0) is 36.4 Å². The molecule has 0 radical (unpaired) electrons. The lowest BCUT2D eigenvalue weighted by Crippen LogP contribution is -2.20. The lowest BCUT2D eigenvalue weighted by atomic mass is 10.1. The summed E-state index contributed by atoms with van der Waals surface area (Å²) in [5.41, 5.74) is 13.8. The van der Waals surface area contributed by atoms with Crippen LogP contribution in [0.2, 0.25) is 0 Å². The van der Waals surface area contributed by atoms with Crippen molar-refractivity contribution in [3.8, 4) is 0 Å². The second-order valence-corrected chi connectivity index (χ2v) is 14.2.